The van der Waals surface area contributed by atoms with Gasteiger partial charge in [0.25, 0.3) is 0 Å². The van der Waals surface area contributed by atoms with E-state index >= 15 is 0 Å². The van der Waals surface area contributed by atoms with Crippen molar-refractivity contribution < 1.29 is 23.8 Å². The summed E-state index contributed by atoms with van der Waals surface area (Å²) in [6, 6.07) is 3.51. The third-order valence-corrected chi connectivity index (χ3v) is 2.50. The van der Waals surface area contributed by atoms with Crippen molar-refractivity contribution in [2.45, 2.75) is 0 Å². The predicted molar refractivity (Wildman–Crippen MR) is 70.0 cm³/mol. The highest BCUT2D eigenvalue weighted by Crippen LogP contribution is 2.18. The lowest BCUT2D eigenvalue weighted by Gasteiger charge is -2.07. The molecule has 0 saturated carbocycles. The summed E-state index contributed by atoms with van der Waals surface area (Å²) in [5, 5.41) is 11.5. The van der Waals surface area contributed by atoms with Crippen LogP contribution in [0.15, 0.2) is 30.6 Å². The number of rotatable bonds is 4. The lowest BCUT2D eigenvalue weighted by Crippen LogP contribution is -2.07. The molecule has 0 unspecified atom stereocenters. The summed E-state index contributed by atoms with van der Waals surface area (Å²) in [7, 11) is 1.21. The van der Waals surface area contributed by atoms with Crippen LogP contribution in [0.5, 0.6) is 0 Å². The molecular formula is C13H10FN3O4. The summed E-state index contributed by atoms with van der Waals surface area (Å²) in [6.45, 7) is 0. The molecule has 1 heterocycles. The van der Waals surface area contributed by atoms with Gasteiger partial charge < -0.3 is 15.2 Å². The molecule has 0 aliphatic rings. The first kappa shape index (κ1) is 14.4. The number of anilines is 2. The molecule has 0 amide bonds. The topological polar surface area (TPSA) is 101 Å². The van der Waals surface area contributed by atoms with E-state index in [1.165, 1.54) is 25.6 Å². The second kappa shape index (κ2) is 5.95. The Balaban J connectivity index is 2.24. The van der Waals surface area contributed by atoms with Gasteiger partial charge in [-0.25, -0.2) is 19.0 Å². The van der Waals surface area contributed by atoms with E-state index in [2.05, 4.69) is 20.0 Å². The van der Waals surface area contributed by atoms with Crippen LogP contribution < -0.4 is 5.32 Å². The quantitative estimate of drug-likeness (QED) is 0.829. The Kier molecular flexibility index (Phi) is 4.07. The van der Waals surface area contributed by atoms with E-state index < -0.39 is 23.3 Å². The molecule has 0 fully saturated rings. The van der Waals surface area contributed by atoms with E-state index in [-0.39, 0.29) is 17.2 Å². The number of hydrogen-bond donors (Lipinski definition) is 2. The molecule has 0 atom stereocenters. The number of aromatic carboxylic acids is 1. The molecule has 108 valence electrons. The maximum atomic E-state index is 13.5. The molecule has 7 nitrogen and oxygen atoms in total. The van der Waals surface area contributed by atoms with E-state index in [0.29, 0.717) is 0 Å². The Bertz CT molecular complexity index is 706. The zero-order valence-corrected chi connectivity index (χ0v) is 10.8. The SMILES string of the molecule is COC(=O)c1cncc(Nc2ccc(C(=O)O)c(F)c2)n1. The van der Waals surface area contributed by atoms with Crippen molar-refractivity contribution in [3.63, 3.8) is 0 Å². The van der Waals surface area contributed by atoms with Crippen LogP contribution in [-0.2, 0) is 4.74 Å². The predicted octanol–water partition coefficient (Wildman–Crippen LogP) is 1.84. The van der Waals surface area contributed by atoms with Gasteiger partial charge >= 0.3 is 11.9 Å². The Morgan fingerprint density at radius 1 is 1.33 bits per heavy atom. The fourth-order valence-electron chi connectivity index (χ4n) is 1.54. The number of esters is 1. The number of ether oxygens (including phenoxy) is 1. The first-order valence-corrected chi connectivity index (χ1v) is 5.71. The van der Waals surface area contributed by atoms with Crippen molar-refractivity contribution >= 4 is 23.4 Å². The third kappa shape index (κ3) is 3.30. The smallest absolute Gasteiger partial charge is 0.358 e. The number of aromatic nitrogens is 2. The number of nitrogens with one attached hydrogen (secondary N) is 1. The highest BCUT2D eigenvalue weighted by molar-refractivity contribution is 5.89. The summed E-state index contributed by atoms with van der Waals surface area (Å²) in [4.78, 5) is 29.8. The molecule has 1 aromatic carbocycles. The van der Waals surface area contributed by atoms with Gasteiger partial charge in [-0.2, -0.15) is 0 Å². The van der Waals surface area contributed by atoms with E-state index in [1.807, 2.05) is 0 Å². The molecule has 0 bridgehead atoms. The summed E-state index contributed by atoms with van der Waals surface area (Å²) >= 11 is 0. The van der Waals surface area contributed by atoms with E-state index in [4.69, 9.17) is 5.11 Å². The van der Waals surface area contributed by atoms with Crippen molar-refractivity contribution in [2.75, 3.05) is 12.4 Å². The van der Waals surface area contributed by atoms with Crippen LogP contribution in [0.3, 0.4) is 0 Å². The number of carbonyl (C=O) groups excluding carboxylic acids is 1. The molecule has 0 spiro atoms. The number of methoxy groups -OCH3 is 1. The molecule has 8 heteroatoms. The number of benzene rings is 1. The molecule has 0 aliphatic carbocycles. The Hall–Kier alpha value is -3.03. The third-order valence-electron chi connectivity index (χ3n) is 2.50. The molecular weight excluding hydrogens is 281 g/mol. The zero-order chi connectivity index (χ0) is 15.4. The first-order chi connectivity index (χ1) is 10.0. The lowest BCUT2D eigenvalue weighted by atomic mass is 10.2. The van der Waals surface area contributed by atoms with E-state index in [1.54, 1.807) is 0 Å². The van der Waals surface area contributed by atoms with Crippen molar-refractivity contribution in [3.8, 4) is 0 Å². The molecule has 2 N–H and O–H groups in total. The van der Waals surface area contributed by atoms with Gasteiger partial charge in [-0.15, -0.1) is 0 Å². The Morgan fingerprint density at radius 2 is 2.10 bits per heavy atom. The second-order valence-corrected chi connectivity index (χ2v) is 3.91. The van der Waals surface area contributed by atoms with Gasteiger partial charge in [0, 0.05) is 5.69 Å². The van der Waals surface area contributed by atoms with Crippen LogP contribution in [0, 0.1) is 5.82 Å². The lowest BCUT2D eigenvalue weighted by molar-refractivity contribution is 0.0592. The molecule has 2 aromatic rings. The van der Waals surface area contributed by atoms with E-state index in [0.717, 1.165) is 12.1 Å². The summed E-state index contributed by atoms with van der Waals surface area (Å²) < 4.78 is 18.0. The molecule has 1 aromatic heterocycles. The monoisotopic (exact) mass is 291 g/mol. The number of carboxylic acid groups (broad SMARTS) is 1. The van der Waals surface area contributed by atoms with Crippen LogP contribution in [0.4, 0.5) is 15.9 Å². The number of carboxylic acids is 1. The van der Waals surface area contributed by atoms with Crippen molar-refractivity contribution in [1.82, 2.24) is 9.97 Å². The second-order valence-electron chi connectivity index (χ2n) is 3.91. The minimum absolute atomic E-state index is 0.00914. The first-order valence-electron chi connectivity index (χ1n) is 5.71. The molecule has 0 aliphatic heterocycles. The minimum atomic E-state index is -1.36. The number of nitrogens with zero attached hydrogens (tertiary/aromatic N) is 2. The van der Waals surface area contributed by atoms with Gasteiger partial charge in [0.1, 0.15) is 11.6 Å². The van der Waals surface area contributed by atoms with Gasteiger partial charge in [-0.3, -0.25) is 4.98 Å². The largest absolute Gasteiger partial charge is 0.478 e. The Labute approximate surface area is 118 Å². The van der Waals surface area contributed by atoms with Crippen LogP contribution in [-0.4, -0.2) is 34.1 Å². The van der Waals surface area contributed by atoms with Crippen molar-refractivity contribution in [1.29, 1.82) is 0 Å². The average Bonchev–Trinajstić information content (AvgIpc) is 2.46. The minimum Gasteiger partial charge on any atom is -0.478 e. The number of hydrogen-bond acceptors (Lipinski definition) is 6. The number of halogens is 1. The average molecular weight is 291 g/mol. The molecule has 0 saturated heterocycles. The Morgan fingerprint density at radius 3 is 2.71 bits per heavy atom. The van der Waals surface area contributed by atoms with Gasteiger partial charge in [0.15, 0.2) is 5.69 Å². The van der Waals surface area contributed by atoms with Crippen LogP contribution in [0.1, 0.15) is 20.8 Å². The van der Waals surface area contributed by atoms with Crippen LogP contribution in [0.2, 0.25) is 0 Å². The maximum Gasteiger partial charge on any atom is 0.358 e. The fraction of sp³-hybridized carbons (Fsp3) is 0.0769. The summed E-state index contributed by atoms with van der Waals surface area (Å²) in [5.41, 5.74) is -0.172. The zero-order valence-electron chi connectivity index (χ0n) is 10.8. The number of carbonyl (C=O) groups is 2. The molecule has 21 heavy (non-hydrogen) atoms. The van der Waals surface area contributed by atoms with Crippen molar-refractivity contribution in [3.05, 3.63) is 47.7 Å². The maximum absolute atomic E-state index is 13.5. The van der Waals surface area contributed by atoms with Crippen LogP contribution in [0.25, 0.3) is 0 Å². The summed E-state index contributed by atoms with van der Waals surface area (Å²) in [5.74, 6) is -2.70. The van der Waals surface area contributed by atoms with Gasteiger partial charge in [0.2, 0.25) is 0 Å². The summed E-state index contributed by atoms with van der Waals surface area (Å²) in [6.07, 6.45) is 2.56. The normalized spacial score (nSPS) is 10.0. The van der Waals surface area contributed by atoms with Crippen molar-refractivity contribution in [2.24, 2.45) is 0 Å². The van der Waals surface area contributed by atoms with Gasteiger partial charge in [-0.05, 0) is 18.2 Å². The molecule has 2 rings (SSSR count). The molecule has 0 radical (unpaired) electrons. The highest BCUT2D eigenvalue weighted by Gasteiger charge is 2.12. The van der Waals surface area contributed by atoms with Gasteiger partial charge in [0.05, 0.1) is 25.1 Å². The van der Waals surface area contributed by atoms with E-state index in [9.17, 15) is 14.0 Å². The van der Waals surface area contributed by atoms with Gasteiger partial charge in [-0.1, -0.05) is 0 Å². The standard InChI is InChI=1S/C13H10FN3O4/c1-21-13(20)10-5-15-6-11(17-10)16-7-2-3-8(12(18)19)9(14)4-7/h2-6H,1H3,(H,16,17)(H,18,19). The van der Waals surface area contributed by atoms with Crippen LogP contribution >= 0.6 is 0 Å². The highest BCUT2D eigenvalue weighted by atomic mass is 19.1. The fourth-order valence-corrected chi connectivity index (χ4v) is 1.54.